The molecule has 0 saturated carbocycles. The van der Waals surface area contributed by atoms with Gasteiger partial charge < -0.3 is 16.0 Å². The molecule has 1 aliphatic heterocycles. The molecule has 0 bridgehead atoms. The summed E-state index contributed by atoms with van der Waals surface area (Å²) >= 11 is 4.77. The number of amides is 2. The van der Waals surface area contributed by atoms with Crippen molar-refractivity contribution in [3.8, 4) is 0 Å². The monoisotopic (exact) mass is 359 g/mol. The van der Waals surface area contributed by atoms with Gasteiger partial charge in [0.15, 0.2) is 0 Å². The SMILES string of the molecule is NCCNC(=O)C1CCCN(C(=O)c2cc(Br)cs2)C1. The van der Waals surface area contributed by atoms with Crippen molar-refractivity contribution in [1.29, 1.82) is 0 Å². The molecule has 0 spiro atoms. The molecule has 7 heteroatoms. The largest absolute Gasteiger partial charge is 0.355 e. The van der Waals surface area contributed by atoms with Crippen LogP contribution in [0.4, 0.5) is 0 Å². The van der Waals surface area contributed by atoms with E-state index in [9.17, 15) is 9.59 Å². The minimum atomic E-state index is -0.123. The van der Waals surface area contributed by atoms with Gasteiger partial charge in [-0.05, 0) is 34.8 Å². The molecule has 1 fully saturated rings. The number of nitrogens with one attached hydrogen (secondary N) is 1. The van der Waals surface area contributed by atoms with Gasteiger partial charge in [-0.2, -0.15) is 0 Å². The third-order valence-corrected chi connectivity index (χ3v) is 4.98. The van der Waals surface area contributed by atoms with E-state index in [-0.39, 0.29) is 17.7 Å². The van der Waals surface area contributed by atoms with Crippen LogP contribution in [0, 0.1) is 5.92 Å². The second-order valence-electron chi connectivity index (χ2n) is 4.80. The van der Waals surface area contributed by atoms with Gasteiger partial charge in [-0.15, -0.1) is 11.3 Å². The van der Waals surface area contributed by atoms with Crippen LogP contribution in [0.2, 0.25) is 0 Å². The van der Waals surface area contributed by atoms with Crippen LogP contribution in [0.25, 0.3) is 0 Å². The van der Waals surface area contributed by atoms with E-state index in [0.29, 0.717) is 24.5 Å². The fourth-order valence-electron chi connectivity index (χ4n) is 2.30. The third-order valence-electron chi connectivity index (χ3n) is 3.30. The van der Waals surface area contributed by atoms with Crippen molar-refractivity contribution in [2.45, 2.75) is 12.8 Å². The van der Waals surface area contributed by atoms with Gasteiger partial charge in [0.2, 0.25) is 5.91 Å². The lowest BCUT2D eigenvalue weighted by Crippen LogP contribution is -2.46. The van der Waals surface area contributed by atoms with Gasteiger partial charge in [-0.1, -0.05) is 0 Å². The normalized spacial score (nSPS) is 18.9. The highest BCUT2D eigenvalue weighted by Crippen LogP contribution is 2.24. The zero-order chi connectivity index (χ0) is 14.5. The summed E-state index contributed by atoms with van der Waals surface area (Å²) in [5.74, 6) is -0.111. The van der Waals surface area contributed by atoms with Gasteiger partial charge in [0.25, 0.3) is 5.91 Å². The molecule has 1 saturated heterocycles. The van der Waals surface area contributed by atoms with E-state index in [1.54, 1.807) is 4.90 Å². The van der Waals surface area contributed by atoms with Crippen LogP contribution >= 0.6 is 27.3 Å². The van der Waals surface area contributed by atoms with E-state index in [4.69, 9.17) is 5.73 Å². The number of halogens is 1. The summed E-state index contributed by atoms with van der Waals surface area (Å²) in [5, 5.41) is 4.69. The average Bonchev–Trinajstić information content (AvgIpc) is 2.90. The van der Waals surface area contributed by atoms with E-state index in [1.165, 1.54) is 11.3 Å². The predicted molar refractivity (Wildman–Crippen MR) is 82.7 cm³/mol. The third kappa shape index (κ3) is 3.80. The van der Waals surface area contributed by atoms with Crippen molar-refractivity contribution in [3.05, 3.63) is 20.8 Å². The Morgan fingerprint density at radius 3 is 3.00 bits per heavy atom. The number of nitrogens with zero attached hydrogens (tertiary/aromatic N) is 1. The quantitative estimate of drug-likeness (QED) is 0.853. The Hall–Kier alpha value is -0.920. The lowest BCUT2D eigenvalue weighted by atomic mass is 9.97. The molecular formula is C13H18BrN3O2S. The van der Waals surface area contributed by atoms with Crippen molar-refractivity contribution < 1.29 is 9.59 Å². The Balaban J connectivity index is 1.96. The first-order valence-corrected chi connectivity index (χ1v) is 8.30. The van der Waals surface area contributed by atoms with E-state index >= 15 is 0 Å². The van der Waals surface area contributed by atoms with Crippen molar-refractivity contribution in [2.24, 2.45) is 11.7 Å². The van der Waals surface area contributed by atoms with Crippen LogP contribution in [0.15, 0.2) is 15.9 Å². The molecule has 1 atom stereocenters. The summed E-state index contributed by atoms with van der Waals surface area (Å²) in [6.45, 7) is 2.13. The summed E-state index contributed by atoms with van der Waals surface area (Å²) in [6.07, 6.45) is 1.69. The van der Waals surface area contributed by atoms with Crippen LogP contribution in [0.5, 0.6) is 0 Å². The molecule has 2 heterocycles. The number of thiophene rings is 1. The Morgan fingerprint density at radius 2 is 2.35 bits per heavy atom. The van der Waals surface area contributed by atoms with Gasteiger partial charge in [0.05, 0.1) is 10.8 Å². The van der Waals surface area contributed by atoms with Crippen molar-refractivity contribution in [2.75, 3.05) is 26.2 Å². The summed E-state index contributed by atoms with van der Waals surface area (Å²) in [6, 6.07) is 1.82. The molecule has 1 aliphatic rings. The average molecular weight is 360 g/mol. The van der Waals surface area contributed by atoms with Crippen molar-refractivity contribution >= 4 is 39.1 Å². The van der Waals surface area contributed by atoms with Gasteiger partial charge >= 0.3 is 0 Å². The number of likely N-dealkylation sites (tertiary alicyclic amines) is 1. The first kappa shape index (κ1) is 15.5. The number of carbonyl (C=O) groups excluding carboxylic acids is 2. The maximum absolute atomic E-state index is 12.4. The number of hydrogen-bond donors (Lipinski definition) is 2. The van der Waals surface area contributed by atoms with E-state index in [2.05, 4.69) is 21.2 Å². The smallest absolute Gasteiger partial charge is 0.263 e. The first-order chi connectivity index (χ1) is 9.61. The van der Waals surface area contributed by atoms with E-state index in [1.807, 2.05) is 11.4 Å². The first-order valence-electron chi connectivity index (χ1n) is 6.63. The van der Waals surface area contributed by atoms with Gasteiger partial charge in [0, 0.05) is 36.0 Å². The maximum Gasteiger partial charge on any atom is 0.263 e. The van der Waals surface area contributed by atoms with Crippen LogP contribution in [0.3, 0.4) is 0 Å². The topological polar surface area (TPSA) is 75.4 Å². The number of nitrogens with two attached hydrogens (primary N) is 1. The summed E-state index contributed by atoms with van der Waals surface area (Å²) in [7, 11) is 0. The molecule has 1 aromatic heterocycles. The highest BCUT2D eigenvalue weighted by Gasteiger charge is 2.29. The van der Waals surface area contributed by atoms with Crippen LogP contribution in [-0.4, -0.2) is 42.9 Å². The zero-order valence-corrected chi connectivity index (χ0v) is 13.5. The predicted octanol–water partition coefficient (Wildman–Crippen LogP) is 1.44. The van der Waals surface area contributed by atoms with Crippen LogP contribution < -0.4 is 11.1 Å². The molecule has 0 aromatic carbocycles. The molecular weight excluding hydrogens is 342 g/mol. The zero-order valence-electron chi connectivity index (χ0n) is 11.1. The Kier molecular flexibility index (Phi) is 5.56. The fourth-order valence-corrected chi connectivity index (χ4v) is 3.69. The molecule has 0 aliphatic carbocycles. The van der Waals surface area contributed by atoms with Crippen molar-refractivity contribution in [3.63, 3.8) is 0 Å². The van der Waals surface area contributed by atoms with Crippen LogP contribution in [0.1, 0.15) is 22.5 Å². The lowest BCUT2D eigenvalue weighted by Gasteiger charge is -2.31. The molecule has 0 radical (unpaired) electrons. The molecule has 1 unspecified atom stereocenters. The summed E-state index contributed by atoms with van der Waals surface area (Å²) < 4.78 is 0.917. The van der Waals surface area contributed by atoms with Crippen molar-refractivity contribution in [1.82, 2.24) is 10.2 Å². The van der Waals surface area contributed by atoms with Gasteiger partial charge in [0.1, 0.15) is 0 Å². The Bertz CT molecular complexity index is 492. The summed E-state index contributed by atoms with van der Waals surface area (Å²) in [5.41, 5.74) is 5.38. The van der Waals surface area contributed by atoms with E-state index < -0.39 is 0 Å². The standard InChI is InChI=1S/C13H18BrN3O2S/c14-10-6-11(20-8-10)13(19)17-5-1-2-9(7-17)12(18)16-4-3-15/h6,8-9H,1-5,7,15H2,(H,16,18). The number of piperidine rings is 1. The molecule has 5 nitrogen and oxygen atoms in total. The summed E-state index contributed by atoms with van der Waals surface area (Å²) in [4.78, 5) is 26.8. The number of carbonyl (C=O) groups is 2. The number of hydrogen-bond acceptors (Lipinski definition) is 4. The molecule has 110 valence electrons. The molecule has 1 aromatic rings. The highest BCUT2D eigenvalue weighted by atomic mass is 79.9. The molecule has 2 amide bonds. The van der Waals surface area contributed by atoms with Gasteiger partial charge in [-0.25, -0.2) is 0 Å². The van der Waals surface area contributed by atoms with Crippen LogP contribution in [-0.2, 0) is 4.79 Å². The fraction of sp³-hybridized carbons (Fsp3) is 0.538. The lowest BCUT2D eigenvalue weighted by molar-refractivity contribution is -0.126. The minimum Gasteiger partial charge on any atom is -0.355 e. The Labute approximate surface area is 130 Å². The number of rotatable bonds is 4. The minimum absolute atomic E-state index is 0.000287. The van der Waals surface area contributed by atoms with Gasteiger partial charge in [-0.3, -0.25) is 9.59 Å². The van der Waals surface area contributed by atoms with E-state index in [0.717, 1.165) is 23.9 Å². The highest BCUT2D eigenvalue weighted by molar-refractivity contribution is 9.10. The molecule has 3 N–H and O–H groups in total. The second kappa shape index (κ2) is 7.19. The maximum atomic E-state index is 12.4. The molecule has 2 rings (SSSR count). The second-order valence-corrected chi connectivity index (χ2v) is 6.63. The molecule has 20 heavy (non-hydrogen) atoms. The Morgan fingerprint density at radius 1 is 1.55 bits per heavy atom.